The quantitative estimate of drug-likeness (QED) is 0.661. The summed E-state index contributed by atoms with van der Waals surface area (Å²) in [6.45, 7) is 5.93. The van der Waals surface area contributed by atoms with E-state index in [1.54, 1.807) is 0 Å². The molecule has 1 saturated heterocycles. The molecule has 3 heterocycles. The SMILES string of the molecule is CCc1nnc(-c2cc(S(=O)(=O)N3CCN(c4cc(Cl)ccc4C)CC3)c[nH]2)o1. The average molecular weight is 436 g/mol. The lowest BCUT2D eigenvalue weighted by molar-refractivity contribution is 0.385. The Kier molecular flexibility index (Phi) is 5.37. The zero-order valence-electron chi connectivity index (χ0n) is 16.2. The molecule has 2 aromatic heterocycles. The standard InChI is InChI=1S/C19H22ClN5O3S/c1-3-18-22-23-19(28-18)16-11-15(12-21-16)29(26,27)25-8-6-24(7-9-25)17-10-14(20)5-4-13(17)2/h4-5,10-12,21H,3,6-9H2,1-2H3. The number of aryl methyl sites for hydroxylation is 2. The second-order valence-corrected chi connectivity index (χ2v) is 9.30. The monoisotopic (exact) mass is 435 g/mol. The first-order valence-electron chi connectivity index (χ1n) is 9.41. The van der Waals surface area contributed by atoms with Crippen molar-refractivity contribution in [1.82, 2.24) is 19.5 Å². The van der Waals surface area contributed by atoms with E-state index < -0.39 is 10.0 Å². The summed E-state index contributed by atoms with van der Waals surface area (Å²) in [5.41, 5.74) is 2.65. The Hall–Kier alpha value is -2.36. The molecule has 1 fully saturated rings. The van der Waals surface area contributed by atoms with Gasteiger partial charge >= 0.3 is 0 Å². The molecule has 1 aromatic carbocycles. The molecule has 0 bridgehead atoms. The number of H-pyrrole nitrogens is 1. The van der Waals surface area contributed by atoms with E-state index in [1.165, 1.54) is 16.6 Å². The van der Waals surface area contributed by atoms with Gasteiger partial charge in [-0.1, -0.05) is 24.6 Å². The van der Waals surface area contributed by atoms with Crippen LogP contribution in [0.1, 0.15) is 18.4 Å². The lowest BCUT2D eigenvalue weighted by atomic mass is 10.1. The van der Waals surface area contributed by atoms with Gasteiger partial charge in [-0.2, -0.15) is 4.31 Å². The molecular formula is C19H22ClN5O3S. The number of nitrogens with one attached hydrogen (secondary N) is 1. The van der Waals surface area contributed by atoms with Gasteiger partial charge in [-0.3, -0.25) is 0 Å². The van der Waals surface area contributed by atoms with Crippen molar-refractivity contribution in [3.05, 3.63) is 46.9 Å². The Balaban J connectivity index is 1.48. The number of aromatic nitrogens is 3. The second kappa shape index (κ2) is 7.81. The van der Waals surface area contributed by atoms with Crippen molar-refractivity contribution in [3.63, 3.8) is 0 Å². The van der Waals surface area contributed by atoms with E-state index >= 15 is 0 Å². The Morgan fingerprint density at radius 2 is 1.93 bits per heavy atom. The minimum absolute atomic E-state index is 0.191. The molecule has 3 aromatic rings. The van der Waals surface area contributed by atoms with E-state index in [9.17, 15) is 8.42 Å². The number of aromatic amines is 1. The highest BCUT2D eigenvalue weighted by atomic mass is 35.5. The van der Waals surface area contributed by atoms with Gasteiger partial charge in [0.25, 0.3) is 5.89 Å². The van der Waals surface area contributed by atoms with Crippen LogP contribution < -0.4 is 4.90 Å². The summed E-state index contributed by atoms with van der Waals surface area (Å²) in [6.07, 6.45) is 2.09. The summed E-state index contributed by atoms with van der Waals surface area (Å²) in [7, 11) is -3.61. The first-order valence-corrected chi connectivity index (χ1v) is 11.2. The van der Waals surface area contributed by atoms with Crippen molar-refractivity contribution in [1.29, 1.82) is 0 Å². The number of anilines is 1. The van der Waals surface area contributed by atoms with E-state index in [1.807, 2.05) is 32.0 Å². The van der Waals surface area contributed by atoms with Gasteiger partial charge in [0.2, 0.25) is 15.9 Å². The summed E-state index contributed by atoms with van der Waals surface area (Å²) in [5.74, 6) is 0.788. The molecule has 0 spiro atoms. The zero-order valence-corrected chi connectivity index (χ0v) is 17.8. The molecule has 1 aliphatic heterocycles. The first kappa shape index (κ1) is 19.9. The molecule has 29 heavy (non-hydrogen) atoms. The zero-order chi connectivity index (χ0) is 20.6. The normalized spacial score (nSPS) is 15.8. The van der Waals surface area contributed by atoms with Gasteiger partial charge in [-0.15, -0.1) is 10.2 Å². The summed E-state index contributed by atoms with van der Waals surface area (Å²) in [5, 5.41) is 8.54. The van der Waals surface area contributed by atoms with Crippen molar-refractivity contribution in [3.8, 4) is 11.6 Å². The Morgan fingerprint density at radius 1 is 1.17 bits per heavy atom. The molecule has 10 heteroatoms. The summed E-state index contributed by atoms with van der Waals surface area (Å²) < 4.78 is 33.1. The number of rotatable bonds is 5. The van der Waals surface area contributed by atoms with Crippen LogP contribution in [0.3, 0.4) is 0 Å². The molecule has 0 atom stereocenters. The van der Waals surface area contributed by atoms with Crippen LogP contribution in [-0.2, 0) is 16.4 Å². The van der Waals surface area contributed by atoms with Gasteiger partial charge < -0.3 is 14.3 Å². The van der Waals surface area contributed by atoms with Crippen LogP contribution >= 0.6 is 11.6 Å². The highest BCUT2D eigenvalue weighted by Gasteiger charge is 2.30. The van der Waals surface area contributed by atoms with E-state index in [0.717, 1.165) is 11.3 Å². The molecule has 1 aliphatic rings. The third-order valence-electron chi connectivity index (χ3n) is 5.04. The maximum Gasteiger partial charge on any atom is 0.264 e. The topological polar surface area (TPSA) is 95.3 Å². The third kappa shape index (κ3) is 3.90. The van der Waals surface area contributed by atoms with Crippen molar-refractivity contribution < 1.29 is 12.8 Å². The number of hydrogen-bond donors (Lipinski definition) is 1. The van der Waals surface area contributed by atoms with Crippen LogP contribution in [0.25, 0.3) is 11.6 Å². The fourth-order valence-electron chi connectivity index (χ4n) is 3.39. The summed E-state index contributed by atoms with van der Waals surface area (Å²) in [4.78, 5) is 5.28. The predicted octanol–water partition coefficient (Wildman–Crippen LogP) is 3.10. The van der Waals surface area contributed by atoms with Crippen LogP contribution in [0.5, 0.6) is 0 Å². The number of piperazine rings is 1. The lowest BCUT2D eigenvalue weighted by Crippen LogP contribution is -2.48. The van der Waals surface area contributed by atoms with Gasteiger partial charge in [0.15, 0.2) is 0 Å². The Morgan fingerprint density at radius 3 is 2.62 bits per heavy atom. The number of sulfonamides is 1. The van der Waals surface area contributed by atoms with Crippen LogP contribution in [0, 0.1) is 6.92 Å². The third-order valence-corrected chi connectivity index (χ3v) is 7.16. The molecule has 1 N–H and O–H groups in total. The van der Waals surface area contributed by atoms with Crippen LogP contribution in [-0.4, -0.2) is 54.1 Å². The van der Waals surface area contributed by atoms with Crippen molar-refractivity contribution >= 4 is 27.3 Å². The van der Waals surface area contributed by atoms with E-state index in [-0.39, 0.29) is 10.8 Å². The average Bonchev–Trinajstić information content (AvgIpc) is 3.39. The van der Waals surface area contributed by atoms with Crippen LogP contribution in [0.15, 0.2) is 39.8 Å². The van der Waals surface area contributed by atoms with E-state index in [0.29, 0.717) is 49.2 Å². The summed E-state index contributed by atoms with van der Waals surface area (Å²) in [6, 6.07) is 7.30. The smallest absolute Gasteiger partial charge is 0.264 e. The second-order valence-electron chi connectivity index (χ2n) is 6.93. The van der Waals surface area contributed by atoms with E-state index in [4.69, 9.17) is 16.0 Å². The fraction of sp³-hybridized carbons (Fsp3) is 0.368. The Bertz CT molecular complexity index is 1120. The number of benzene rings is 1. The minimum atomic E-state index is -3.61. The number of nitrogens with zero attached hydrogens (tertiary/aromatic N) is 4. The highest BCUT2D eigenvalue weighted by Crippen LogP contribution is 2.28. The maximum absolute atomic E-state index is 13.1. The summed E-state index contributed by atoms with van der Waals surface area (Å²) >= 11 is 6.13. The molecule has 0 saturated carbocycles. The molecule has 8 nitrogen and oxygen atoms in total. The number of hydrogen-bond acceptors (Lipinski definition) is 6. The van der Waals surface area contributed by atoms with Crippen molar-refractivity contribution in [2.45, 2.75) is 25.2 Å². The first-order chi connectivity index (χ1) is 13.9. The molecule has 0 amide bonds. The van der Waals surface area contributed by atoms with E-state index in [2.05, 4.69) is 20.1 Å². The molecule has 154 valence electrons. The Labute approximate surface area is 174 Å². The molecule has 4 rings (SSSR count). The fourth-order valence-corrected chi connectivity index (χ4v) is 4.98. The highest BCUT2D eigenvalue weighted by molar-refractivity contribution is 7.89. The molecule has 0 radical (unpaired) electrons. The minimum Gasteiger partial charge on any atom is -0.419 e. The molecule has 0 aliphatic carbocycles. The largest absolute Gasteiger partial charge is 0.419 e. The van der Waals surface area contributed by atoms with Crippen LogP contribution in [0.4, 0.5) is 5.69 Å². The molecular weight excluding hydrogens is 414 g/mol. The van der Waals surface area contributed by atoms with Gasteiger partial charge in [-0.25, -0.2) is 8.42 Å². The maximum atomic E-state index is 13.1. The van der Waals surface area contributed by atoms with Gasteiger partial charge in [-0.05, 0) is 30.7 Å². The van der Waals surface area contributed by atoms with Gasteiger partial charge in [0.1, 0.15) is 10.6 Å². The van der Waals surface area contributed by atoms with Gasteiger partial charge in [0.05, 0.1) is 0 Å². The van der Waals surface area contributed by atoms with Crippen molar-refractivity contribution in [2.75, 3.05) is 31.1 Å². The predicted molar refractivity (Wildman–Crippen MR) is 111 cm³/mol. The van der Waals surface area contributed by atoms with Crippen LogP contribution in [0.2, 0.25) is 5.02 Å². The lowest BCUT2D eigenvalue weighted by Gasteiger charge is -2.36. The van der Waals surface area contributed by atoms with Crippen molar-refractivity contribution in [2.24, 2.45) is 0 Å². The molecule has 0 unspecified atom stereocenters. The van der Waals surface area contributed by atoms with Gasteiger partial charge in [0, 0.05) is 49.5 Å². The number of halogens is 1.